The summed E-state index contributed by atoms with van der Waals surface area (Å²) in [6.45, 7) is 1.13. The van der Waals surface area contributed by atoms with Crippen molar-refractivity contribution in [1.29, 1.82) is 0 Å². The fourth-order valence-corrected chi connectivity index (χ4v) is 16.2. The van der Waals surface area contributed by atoms with Crippen LogP contribution in [0, 0.1) is 0 Å². The molecule has 0 aliphatic carbocycles. The van der Waals surface area contributed by atoms with Crippen molar-refractivity contribution >= 4 is 131 Å². The predicted octanol–water partition coefficient (Wildman–Crippen LogP) is -15.9. The quantitative estimate of drug-likeness (QED) is 0.0154. The first kappa shape index (κ1) is 119. The van der Waals surface area contributed by atoms with Crippen molar-refractivity contribution in [3.8, 4) is 0 Å². The smallest absolute Gasteiger partial charge is 0.265 e. The molecule has 7 saturated heterocycles. The molecule has 0 aromatic rings. The highest BCUT2D eigenvalue weighted by molar-refractivity contribution is 6.27. The number of amides is 18. The molecule has 0 aromatic carbocycles. The number of carbonyl (C=O) groups is 18. The van der Waals surface area contributed by atoms with E-state index in [1.165, 1.54) is 13.8 Å². The van der Waals surface area contributed by atoms with E-state index in [9.17, 15) is 138 Å². The third-order valence-corrected chi connectivity index (χ3v) is 23.8. The largest absolute Gasteiger partial charge is 0.394 e. The van der Waals surface area contributed by atoms with Gasteiger partial charge in [0.1, 0.15) is 171 Å². The molecular weight excluding hydrogens is 1930 g/mol. The van der Waals surface area contributed by atoms with E-state index in [1.54, 1.807) is 0 Å². The van der Waals surface area contributed by atoms with Gasteiger partial charge in [0, 0.05) is 67.0 Å². The van der Waals surface area contributed by atoms with Crippen molar-refractivity contribution in [3.05, 3.63) is 0 Å². The van der Waals surface area contributed by atoms with Crippen molar-refractivity contribution in [1.82, 2.24) is 94.9 Å². The zero-order valence-electron chi connectivity index (χ0n) is 79.9. The van der Waals surface area contributed by atoms with Gasteiger partial charge in [-0.25, -0.2) is 0 Å². The van der Waals surface area contributed by atoms with Gasteiger partial charge in [-0.3, -0.25) is 86.3 Å². The van der Waals surface area contributed by atoms with E-state index >= 15 is 9.59 Å². The number of carbonyl (C=O) groups excluding carboxylic acids is 18. The highest BCUT2D eigenvalue weighted by atomic mass is 16.8. The molecule has 0 saturated carbocycles. The van der Waals surface area contributed by atoms with E-state index in [0.717, 1.165) is 37.5 Å². The lowest BCUT2D eigenvalue weighted by Crippen LogP contribution is -2.64. The molecule has 60 heteroatoms. The summed E-state index contributed by atoms with van der Waals surface area (Å²) in [5.41, 5.74) is 0. The lowest BCUT2D eigenvalue weighted by Gasteiger charge is -2.40. The Balaban J connectivity index is 1.13. The molecule has 7 aliphatic heterocycles. The first-order valence-electron chi connectivity index (χ1n) is 46.9. The second kappa shape index (κ2) is 59.8. The van der Waals surface area contributed by atoms with Gasteiger partial charge < -0.3 is 194 Å². The SMILES string of the molecule is CC(=O)N[C@H]1[C@H](O/N=C/C(=O)NCCCC[C@@H]2NC(=O)CNC(=O)[C@@H]3CCCN3C(=O)[C@H](CCCCNC(=O)/C=N/O[C@@H]3O[C@H](CO)[C@@H](O)[C@H](O)[C@H]3NC(C)=O)NC(=O)[C@H](C)NC(=O)[C@H](CCCCNC(=O)/C=N/O[C@@H]3O[C@H](CO)[C@@H](O)[C@H](O)[C@H]3NC(C)=O)NC(=O)CNC(=O)[C@@H]3CCCN3C(=O)[C@H](CCCCNC(=O)/C=N/O[C@@H]3O[C@H](CO)[C@@H](O)[C@H](O)[C@H]3NC(C)=O)NC(=O)[C@H](C)NC2=O)O[C@H](CO)[C@@H](O)[C@@H]1O. The number of fused-ring (bicyclic) bond motifs is 2. The molecule has 0 bridgehead atoms. The number of unbranched alkanes of at least 4 members (excludes halogenated alkanes) is 4. The number of aliphatic hydroxyl groups is 12. The monoisotopic (exact) mass is 2060 g/mol. The second-order valence-electron chi connectivity index (χ2n) is 34.9. The summed E-state index contributed by atoms with van der Waals surface area (Å²) in [4.78, 5) is 268. The Bertz CT molecular complexity index is 4200. The maximum absolute atomic E-state index is 15.0. The molecule has 7 rings (SSSR count). The highest BCUT2D eigenvalue weighted by Crippen LogP contribution is 2.29. The van der Waals surface area contributed by atoms with Crippen molar-refractivity contribution in [2.75, 3.05) is 78.8 Å². The molecule has 18 amide bonds. The number of nitrogens with one attached hydrogen (secondary N) is 16. The zero-order valence-corrected chi connectivity index (χ0v) is 79.9. The minimum atomic E-state index is -1.71. The molecular formula is C84H134N22O38. The van der Waals surface area contributed by atoms with Gasteiger partial charge in [-0.2, -0.15) is 0 Å². The fraction of sp³-hybridized carbons (Fsp3) is 0.738. The van der Waals surface area contributed by atoms with Crippen LogP contribution >= 0.6 is 0 Å². The summed E-state index contributed by atoms with van der Waals surface area (Å²) >= 11 is 0. The number of rotatable bonds is 40. The van der Waals surface area contributed by atoms with E-state index in [0.29, 0.717) is 24.9 Å². The first-order chi connectivity index (χ1) is 68.5. The van der Waals surface area contributed by atoms with Crippen LogP contribution in [0.2, 0.25) is 0 Å². The Morgan fingerprint density at radius 1 is 0.347 bits per heavy atom. The van der Waals surface area contributed by atoms with Crippen LogP contribution in [-0.4, -0.2) is 452 Å². The summed E-state index contributed by atoms with van der Waals surface area (Å²) in [5, 5.41) is 177. The van der Waals surface area contributed by atoms with Crippen LogP contribution in [-0.2, 0) is 125 Å². The molecule has 0 aromatic heterocycles. The van der Waals surface area contributed by atoms with E-state index in [2.05, 4.69) is 106 Å². The average Bonchev–Trinajstić information content (AvgIpc) is 1.51. The third kappa shape index (κ3) is 36.8. The minimum absolute atomic E-state index is 0.0000974. The maximum atomic E-state index is 15.0. The van der Waals surface area contributed by atoms with E-state index in [4.69, 9.17) is 38.3 Å². The summed E-state index contributed by atoms with van der Waals surface area (Å²) in [7, 11) is 0. The Morgan fingerprint density at radius 3 is 0.840 bits per heavy atom. The first-order valence-corrected chi connectivity index (χ1v) is 46.9. The van der Waals surface area contributed by atoms with E-state index in [-0.39, 0.29) is 142 Å². The number of ether oxygens (including phenoxy) is 4. The van der Waals surface area contributed by atoms with Gasteiger partial charge in [-0.15, -0.1) is 0 Å². The molecule has 28 N–H and O–H groups in total. The van der Waals surface area contributed by atoms with Crippen LogP contribution in [0.15, 0.2) is 20.6 Å². The number of oxime groups is 4. The van der Waals surface area contributed by atoms with Crippen molar-refractivity contribution < 1.29 is 186 Å². The van der Waals surface area contributed by atoms with Crippen molar-refractivity contribution in [3.63, 3.8) is 0 Å². The third-order valence-electron chi connectivity index (χ3n) is 23.8. The van der Waals surface area contributed by atoms with E-state index < -0.39 is 317 Å². The predicted molar refractivity (Wildman–Crippen MR) is 486 cm³/mol. The lowest BCUT2D eigenvalue weighted by atomic mass is 9.97. The fourth-order valence-electron chi connectivity index (χ4n) is 16.2. The Morgan fingerprint density at radius 2 is 0.597 bits per heavy atom. The number of nitrogens with zero attached hydrogens (tertiary/aromatic N) is 6. The molecule has 144 heavy (non-hydrogen) atoms. The van der Waals surface area contributed by atoms with Crippen LogP contribution in [0.4, 0.5) is 0 Å². The van der Waals surface area contributed by atoms with Gasteiger partial charge in [0.05, 0.1) is 39.5 Å². The Kier molecular flexibility index (Phi) is 49.3. The maximum Gasteiger partial charge on any atom is 0.265 e. The molecule has 0 radical (unpaired) electrons. The number of hydrogen-bond acceptors (Lipinski definition) is 42. The Labute approximate surface area is 823 Å². The summed E-state index contributed by atoms with van der Waals surface area (Å²) in [5.74, 6) is -15.8. The topological polar surface area (TPSA) is 872 Å². The molecule has 0 unspecified atom stereocenters. The summed E-state index contributed by atoms with van der Waals surface area (Å²) < 4.78 is 21.8. The van der Waals surface area contributed by atoms with Crippen LogP contribution in [0.5, 0.6) is 0 Å². The second-order valence-corrected chi connectivity index (χ2v) is 34.9. The number of aliphatic hydroxyl groups excluding tert-OH is 12. The number of hydrogen-bond donors (Lipinski definition) is 28. The normalized spacial score (nSPS) is 31.7. The van der Waals surface area contributed by atoms with Crippen LogP contribution in [0.3, 0.4) is 0 Å². The highest BCUT2D eigenvalue weighted by Gasteiger charge is 2.52. The van der Waals surface area contributed by atoms with Crippen LogP contribution in [0.1, 0.15) is 144 Å². The standard InChI is InChI=1S/C84H134N22O38/c1-39-73(129)103-47(19-9-13-25-87-57(117)33-93-143-83-63(99-43(5)113)71(127)67(123)53(37-109)139-83)79(135)105-27-15-21-49(105)77(133)90-30-60(120)102-46(18-8-12-24-86-56(116)32-92-142-82-62(98-42(4)112)70(126)66(122)52(36-108)138-82)76(132)96-40(2)74(130)104-48(20-10-14-26-88-58(118)34-94-144-84-64(100-44(6)114)72(128)68(124)54(38-110)140-84)80(136)106-28-16-22-50(106)78(134)89-29-59(119)101-45(75(131)95-39)17-7-11-23-85-55(115)31-91-141-81-61(97-41(3)111)69(125)65(121)51(35-107)137-81/h31-34,39-40,45-54,61-72,81-84,107-110,121-128H,7-30,35-38H2,1-6H3,(H,85,115)(H,86,116)(H,87,117)(H,88,118)(H,89,134)(H,90,133)(H,95,131)(H,96,132)(H,97,111)(H,98,112)(H,99,113)(H,100,114)(H,101,119)(H,102,120)(H,103,129)(H,104,130)/b91-31+,92-32+,93-33+,94-34+/t39-,40-,45-,46-,47-,48-,49-,50-,51+,52+,53+,54+,61+,62+,63+,64+,65+,66+,67+,68+,69+,70+,71+,72+,81-,82-,83-,84-/m0/s1. The van der Waals surface area contributed by atoms with Gasteiger partial charge in [0.15, 0.2) is 0 Å². The minimum Gasteiger partial charge on any atom is -0.394 e. The van der Waals surface area contributed by atoms with Gasteiger partial charge in [-0.05, 0) is 117 Å². The van der Waals surface area contributed by atoms with Gasteiger partial charge in [0.25, 0.3) is 23.6 Å². The van der Waals surface area contributed by atoms with Gasteiger partial charge in [0.2, 0.25) is 108 Å². The van der Waals surface area contributed by atoms with Gasteiger partial charge in [-0.1, -0.05) is 20.6 Å². The molecule has 7 fully saturated rings. The molecule has 7 heterocycles. The van der Waals surface area contributed by atoms with Crippen LogP contribution in [0.25, 0.3) is 0 Å². The lowest BCUT2D eigenvalue weighted by molar-refractivity contribution is -0.270. The Hall–Kier alpha value is -12.3. The molecule has 60 nitrogen and oxygen atoms in total. The summed E-state index contributed by atoms with van der Waals surface area (Å²) in [6, 6.07) is -17.7. The summed E-state index contributed by atoms with van der Waals surface area (Å²) in [6.07, 6.45) is -23.3. The molecule has 7 aliphatic rings. The zero-order chi connectivity index (χ0) is 106. The van der Waals surface area contributed by atoms with Crippen molar-refractivity contribution in [2.24, 2.45) is 20.6 Å². The molecule has 0 spiro atoms. The van der Waals surface area contributed by atoms with Crippen molar-refractivity contribution in [2.45, 2.75) is 315 Å². The average molecular weight is 2060 g/mol. The van der Waals surface area contributed by atoms with E-state index in [1.807, 2.05) is 0 Å². The van der Waals surface area contributed by atoms with Gasteiger partial charge >= 0.3 is 0 Å². The molecule has 28 atom stereocenters. The molecule has 808 valence electrons. The van der Waals surface area contributed by atoms with Crippen LogP contribution < -0.4 is 85.1 Å².